The third-order valence-corrected chi connectivity index (χ3v) is 5.35. The number of esters is 1. The maximum atomic E-state index is 11.3. The number of halogens is 1. The lowest BCUT2D eigenvalue weighted by atomic mass is 10.2. The molecule has 7 heteroatoms. The molecule has 1 aromatic heterocycles. The fraction of sp³-hybridized carbons (Fsp3) is 0.353. The smallest absolute Gasteiger partial charge is 0.343 e. The molecule has 0 atom stereocenters. The first-order chi connectivity index (χ1) is 11.7. The zero-order chi connectivity index (χ0) is 16.9. The zero-order valence-electron chi connectivity index (χ0n) is 13.3. The van der Waals surface area contributed by atoms with Gasteiger partial charge in [0.15, 0.2) is 11.8 Å². The Kier molecular flexibility index (Phi) is 5.94. The molecule has 3 rings (SSSR count). The molecule has 1 aromatic carbocycles. The lowest BCUT2D eigenvalue weighted by Gasteiger charge is -2.10. The van der Waals surface area contributed by atoms with E-state index in [0.717, 1.165) is 36.3 Å². The molecule has 126 valence electrons. The second-order valence-electron chi connectivity index (χ2n) is 5.37. The maximum Gasteiger partial charge on any atom is 0.343 e. The van der Waals surface area contributed by atoms with Crippen molar-refractivity contribution in [3.05, 3.63) is 44.7 Å². The molecule has 0 N–H and O–H groups in total. The van der Waals surface area contributed by atoms with Gasteiger partial charge in [-0.3, -0.25) is 0 Å². The van der Waals surface area contributed by atoms with Crippen LogP contribution in [0.2, 0.25) is 0 Å². The van der Waals surface area contributed by atoms with Crippen molar-refractivity contribution in [1.29, 1.82) is 0 Å². The monoisotopic (exact) mass is 456 g/mol. The maximum absolute atomic E-state index is 11.3. The van der Waals surface area contributed by atoms with Gasteiger partial charge in [-0.05, 0) is 59.5 Å². The first kappa shape index (κ1) is 17.5. The Morgan fingerprint density at radius 2 is 2.04 bits per heavy atom. The molecule has 1 heterocycles. The molecular formula is C17H17IN2O3S. The molecule has 0 amide bonds. The predicted molar refractivity (Wildman–Crippen MR) is 100 cm³/mol. The summed E-state index contributed by atoms with van der Waals surface area (Å²) >= 11 is 3.87. The Bertz CT molecular complexity index is 737. The third kappa shape index (κ3) is 4.38. The van der Waals surface area contributed by atoms with Gasteiger partial charge in [-0.15, -0.1) is 0 Å². The molecular weight excluding hydrogens is 439 g/mol. The van der Waals surface area contributed by atoms with Crippen LogP contribution in [0.25, 0.3) is 0 Å². The van der Waals surface area contributed by atoms with E-state index in [1.807, 2.05) is 0 Å². The van der Waals surface area contributed by atoms with Crippen molar-refractivity contribution in [3.8, 4) is 5.88 Å². The second-order valence-corrected chi connectivity index (χ2v) is 7.56. The molecule has 2 aromatic rings. The van der Waals surface area contributed by atoms with E-state index in [1.165, 1.54) is 16.2 Å². The highest BCUT2D eigenvalue weighted by Crippen LogP contribution is 2.31. The van der Waals surface area contributed by atoms with Crippen LogP contribution in [0.1, 0.15) is 23.2 Å². The van der Waals surface area contributed by atoms with Gasteiger partial charge in [-0.25, -0.2) is 9.78 Å². The number of methoxy groups -OCH3 is 1. The number of rotatable bonds is 6. The second kappa shape index (κ2) is 8.15. The average Bonchev–Trinajstić information content (AvgIpc) is 3.07. The quantitative estimate of drug-likeness (QED) is 0.288. The standard InChI is InChI=1S/C17H17IN2O3S/c1-22-15(21)9-23-16-13-3-2-4-14(13)19-17(20-16)24-10-11-5-7-12(18)8-6-11/h5-8H,2-4,9-10H2,1H3. The van der Waals surface area contributed by atoms with Crippen molar-refractivity contribution in [3.63, 3.8) is 0 Å². The number of ether oxygens (including phenoxy) is 2. The van der Waals surface area contributed by atoms with E-state index in [9.17, 15) is 4.79 Å². The van der Waals surface area contributed by atoms with Gasteiger partial charge >= 0.3 is 5.97 Å². The number of aromatic nitrogens is 2. The lowest BCUT2D eigenvalue weighted by Crippen LogP contribution is -2.14. The molecule has 24 heavy (non-hydrogen) atoms. The van der Waals surface area contributed by atoms with Crippen molar-refractivity contribution < 1.29 is 14.3 Å². The Labute approximate surface area is 158 Å². The number of aryl methyl sites for hydroxylation is 1. The number of carbonyl (C=O) groups is 1. The van der Waals surface area contributed by atoms with Crippen molar-refractivity contribution in [1.82, 2.24) is 9.97 Å². The summed E-state index contributed by atoms with van der Waals surface area (Å²) in [6.45, 7) is -0.124. The molecule has 0 fully saturated rings. The van der Waals surface area contributed by atoms with Crippen LogP contribution in [-0.2, 0) is 28.1 Å². The van der Waals surface area contributed by atoms with Gasteiger partial charge in [0, 0.05) is 14.9 Å². The summed E-state index contributed by atoms with van der Waals surface area (Å²) < 4.78 is 11.4. The van der Waals surface area contributed by atoms with Gasteiger partial charge in [-0.2, -0.15) is 4.98 Å². The highest BCUT2D eigenvalue weighted by atomic mass is 127. The SMILES string of the molecule is COC(=O)COc1nc(SCc2ccc(I)cc2)nc2c1CCC2. The minimum absolute atomic E-state index is 0.124. The minimum Gasteiger partial charge on any atom is -0.466 e. The van der Waals surface area contributed by atoms with Crippen LogP contribution in [0.3, 0.4) is 0 Å². The molecule has 1 aliphatic carbocycles. The number of benzene rings is 1. The fourth-order valence-electron chi connectivity index (χ4n) is 2.48. The normalized spacial score (nSPS) is 12.8. The molecule has 0 unspecified atom stereocenters. The van der Waals surface area contributed by atoms with Crippen molar-refractivity contribution in [2.24, 2.45) is 0 Å². The first-order valence-corrected chi connectivity index (χ1v) is 9.69. The van der Waals surface area contributed by atoms with Crippen molar-refractivity contribution >= 4 is 40.3 Å². The summed E-state index contributed by atoms with van der Waals surface area (Å²) in [6, 6.07) is 8.39. The zero-order valence-corrected chi connectivity index (χ0v) is 16.2. The summed E-state index contributed by atoms with van der Waals surface area (Å²) in [5.41, 5.74) is 3.29. The van der Waals surface area contributed by atoms with E-state index < -0.39 is 5.97 Å². The van der Waals surface area contributed by atoms with Crippen LogP contribution in [-0.4, -0.2) is 29.7 Å². The van der Waals surface area contributed by atoms with Gasteiger partial charge in [0.2, 0.25) is 5.88 Å². The summed E-state index contributed by atoms with van der Waals surface area (Å²) in [5, 5.41) is 0.689. The fourth-order valence-corrected chi connectivity index (χ4v) is 3.65. The van der Waals surface area contributed by atoms with Gasteiger partial charge < -0.3 is 9.47 Å². The number of hydrogen-bond donors (Lipinski definition) is 0. The number of fused-ring (bicyclic) bond motifs is 1. The number of thioether (sulfide) groups is 1. The van der Waals surface area contributed by atoms with E-state index in [0.29, 0.717) is 11.0 Å². The van der Waals surface area contributed by atoms with E-state index in [-0.39, 0.29) is 6.61 Å². The molecule has 0 saturated carbocycles. The molecule has 5 nitrogen and oxygen atoms in total. The summed E-state index contributed by atoms with van der Waals surface area (Å²) in [6.07, 6.45) is 2.88. The van der Waals surface area contributed by atoms with Gasteiger partial charge in [0.25, 0.3) is 0 Å². The van der Waals surface area contributed by atoms with Gasteiger partial charge in [-0.1, -0.05) is 23.9 Å². The molecule has 0 bridgehead atoms. The molecule has 1 aliphatic rings. The van der Waals surface area contributed by atoms with E-state index in [1.54, 1.807) is 11.8 Å². The largest absolute Gasteiger partial charge is 0.466 e. The minimum atomic E-state index is -0.409. The highest BCUT2D eigenvalue weighted by Gasteiger charge is 2.21. The van der Waals surface area contributed by atoms with Crippen LogP contribution >= 0.6 is 34.4 Å². The van der Waals surface area contributed by atoms with E-state index in [2.05, 4.69) is 61.6 Å². The van der Waals surface area contributed by atoms with Crippen molar-refractivity contribution in [2.75, 3.05) is 13.7 Å². The van der Waals surface area contributed by atoms with Crippen molar-refractivity contribution in [2.45, 2.75) is 30.2 Å². The molecule has 0 saturated heterocycles. The first-order valence-electron chi connectivity index (χ1n) is 7.62. The molecule has 0 aliphatic heterocycles. The summed E-state index contributed by atoms with van der Waals surface area (Å²) in [4.78, 5) is 20.5. The van der Waals surface area contributed by atoms with Crippen LogP contribution < -0.4 is 4.74 Å². The predicted octanol–water partition coefficient (Wildman–Crippen LogP) is 3.41. The Balaban J connectivity index is 1.73. The van der Waals surface area contributed by atoms with Crippen LogP contribution in [0.4, 0.5) is 0 Å². The van der Waals surface area contributed by atoms with Crippen LogP contribution in [0, 0.1) is 3.57 Å². The Morgan fingerprint density at radius 3 is 2.79 bits per heavy atom. The highest BCUT2D eigenvalue weighted by molar-refractivity contribution is 14.1. The molecule has 0 spiro atoms. The van der Waals surface area contributed by atoms with Gasteiger partial charge in [0.1, 0.15) is 0 Å². The summed E-state index contributed by atoms with van der Waals surface area (Å²) in [5.74, 6) is 0.910. The lowest BCUT2D eigenvalue weighted by molar-refractivity contribution is -0.143. The van der Waals surface area contributed by atoms with Crippen LogP contribution in [0.15, 0.2) is 29.4 Å². The van der Waals surface area contributed by atoms with Crippen LogP contribution in [0.5, 0.6) is 5.88 Å². The third-order valence-electron chi connectivity index (χ3n) is 3.71. The Hall–Kier alpha value is -1.35. The topological polar surface area (TPSA) is 61.3 Å². The summed E-state index contributed by atoms with van der Waals surface area (Å²) in [7, 11) is 1.35. The number of nitrogens with zero attached hydrogens (tertiary/aromatic N) is 2. The van der Waals surface area contributed by atoms with E-state index >= 15 is 0 Å². The Morgan fingerprint density at radius 1 is 1.25 bits per heavy atom. The molecule has 0 radical (unpaired) electrons. The number of carbonyl (C=O) groups excluding carboxylic acids is 1. The van der Waals surface area contributed by atoms with E-state index in [4.69, 9.17) is 4.74 Å². The average molecular weight is 456 g/mol. The number of hydrogen-bond acceptors (Lipinski definition) is 6. The van der Waals surface area contributed by atoms with Gasteiger partial charge in [0.05, 0.1) is 12.8 Å².